The number of nitrogen functional groups attached to an aromatic ring is 1. The van der Waals surface area contributed by atoms with E-state index in [1.165, 1.54) is 19.4 Å². The number of carbonyl (C=O) groups is 2. The van der Waals surface area contributed by atoms with E-state index in [4.69, 9.17) is 11.5 Å². The van der Waals surface area contributed by atoms with Crippen LogP contribution in [0.4, 0.5) is 11.5 Å². The highest BCUT2D eigenvalue weighted by Gasteiger charge is 2.17. The van der Waals surface area contributed by atoms with Gasteiger partial charge in [-0.3, -0.25) is 4.79 Å². The third-order valence-corrected chi connectivity index (χ3v) is 2.09. The number of hydrogen-bond donors (Lipinski definition) is 3. The van der Waals surface area contributed by atoms with Gasteiger partial charge in [0.05, 0.1) is 19.0 Å². The topological polar surface area (TPSA) is 120 Å². The minimum Gasteiger partial charge on any atom is -0.465 e. The van der Waals surface area contributed by atoms with Gasteiger partial charge in [0.25, 0.3) is 0 Å². The van der Waals surface area contributed by atoms with Crippen LogP contribution < -0.4 is 16.8 Å². The number of methoxy groups -OCH3 is 1. The zero-order valence-electron chi connectivity index (χ0n) is 9.56. The number of hydrogen-bond acceptors (Lipinski definition) is 6. The molecule has 5 N–H and O–H groups in total. The van der Waals surface area contributed by atoms with Crippen LogP contribution in [0.1, 0.15) is 17.3 Å². The van der Waals surface area contributed by atoms with Crippen LogP contribution in [0.15, 0.2) is 12.3 Å². The first-order valence-electron chi connectivity index (χ1n) is 4.85. The van der Waals surface area contributed by atoms with Gasteiger partial charge in [0.1, 0.15) is 17.4 Å². The van der Waals surface area contributed by atoms with Crippen molar-refractivity contribution >= 4 is 23.4 Å². The van der Waals surface area contributed by atoms with E-state index in [0.29, 0.717) is 5.69 Å². The fourth-order valence-corrected chi connectivity index (χ4v) is 1.14. The molecule has 0 spiro atoms. The van der Waals surface area contributed by atoms with Crippen molar-refractivity contribution in [2.24, 2.45) is 5.73 Å². The van der Waals surface area contributed by atoms with E-state index in [1.54, 1.807) is 6.92 Å². The van der Waals surface area contributed by atoms with Crippen molar-refractivity contribution in [2.45, 2.75) is 13.0 Å². The second-order valence-electron chi connectivity index (χ2n) is 3.42. The van der Waals surface area contributed by atoms with Crippen LogP contribution in [0.5, 0.6) is 0 Å². The van der Waals surface area contributed by atoms with Gasteiger partial charge in [-0.25, -0.2) is 9.78 Å². The third-order valence-electron chi connectivity index (χ3n) is 2.09. The fraction of sp³-hybridized carbons (Fsp3) is 0.300. The van der Waals surface area contributed by atoms with Gasteiger partial charge in [-0.05, 0) is 13.0 Å². The third kappa shape index (κ3) is 3.07. The normalized spacial score (nSPS) is 11.6. The van der Waals surface area contributed by atoms with Gasteiger partial charge in [0.2, 0.25) is 5.91 Å². The summed E-state index contributed by atoms with van der Waals surface area (Å²) in [5, 5.41) is 2.71. The molecule has 1 aromatic heterocycles. The van der Waals surface area contributed by atoms with Crippen molar-refractivity contribution < 1.29 is 14.3 Å². The first kappa shape index (κ1) is 12.8. The summed E-state index contributed by atoms with van der Waals surface area (Å²) < 4.78 is 4.58. The summed E-state index contributed by atoms with van der Waals surface area (Å²) in [5.74, 6) is -0.944. The standard InChI is InChI=1S/C10H14N4O3/c1-5(8(12)15)14-9-7(10(16)17-2)3-6(11)4-13-9/h3-5H,11H2,1-2H3,(H2,12,15)(H,13,14). The number of esters is 1. The van der Waals surface area contributed by atoms with Gasteiger partial charge in [-0.2, -0.15) is 0 Å². The molecule has 0 aliphatic carbocycles. The highest BCUT2D eigenvalue weighted by atomic mass is 16.5. The van der Waals surface area contributed by atoms with Crippen LogP contribution in [0.2, 0.25) is 0 Å². The first-order valence-corrected chi connectivity index (χ1v) is 4.85. The van der Waals surface area contributed by atoms with Crippen molar-refractivity contribution in [3.63, 3.8) is 0 Å². The van der Waals surface area contributed by atoms with Crippen LogP contribution >= 0.6 is 0 Å². The van der Waals surface area contributed by atoms with Gasteiger partial charge >= 0.3 is 5.97 Å². The number of anilines is 2. The Bertz CT molecular complexity index is 447. The van der Waals surface area contributed by atoms with Crippen molar-refractivity contribution in [1.29, 1.82) is 0 Å². The fourth-order valence-electron chi connectivity index (χ4n) is 1.14. The number of nitrogens with two attached hydrogens (primary N) is 2. The van der Waals surface area contributed by atoms with Gasteiger partial charge in [0, 0.05) is 0 Å². The molecule has 1 aromatic rings. The molecule has 0 aliphatic rings. The molecule has 0 fully saturated rings. The van der Waals surface area contributed by atoms with Gasteiger partial charge in [0.15, 0.2) is 0 Å². The van der Waals surface area contributed by atoms with E-state index in [-0.39, 0.29) is 11.4 Å². The number of amides is 1. The summed E-state index contributed by atoms with van der Waals surface area (Å²) in [6.45, 7) is 1.56. The Morgan fingerprint density at radius 3 is 2.71 bits per heavy atom. The van der Waals surface area contributed by atoms with Gasteiger partial charge in [-0.1, -0.05) is 0 Å². The van der Waals surface area contributed by atoms with Crippen LogP contribution in [0, 0.1) is 0 Å². The Morgan fingerprint density at radius 1 is 1.53 bits per heavy atom. The molecule has 0 bridgehead atoms. The molecule has 0 aliphatic heterocycles. The summed E-state index contributed by atoms with van der Waals surface area (Å²) in [6.07, 6.45) is 1.36. The molecule has 1 atom stereocenters. The van der Waals surface area contributed by atoms with E-state index in [2.05, 4.69) is 15.0 Å². The monoisotopic (exact) mass is 238 g/mol. The molecule has 1 unspecified atom stereocenters. The zero-order chi connectivity index (χ0) is 13.0. The minimum absolute atomic E-state index is 0.153. The maximum absolute atomic E-state index is 11.5. The summed E-state index contributed by atoms with van der Waals surface area (Å²) in [7, 11) is 1.24. The predicted molar refractivity (Wildman–Crippen MR) is 62.3 cm³/mol. The molecular weight excluding hydrogens is 224 g/mol. The van der Waals surface area contributed by atoms with Crippen molar-refractivity contribution in [3.05, 3.63) is 17.8 Å². The van der Waals surface area contributed by atoms with Crippen LogP contribution in [0.25, 0.3) is 0 Å². The Kier molecular flexibility index (Phi) is 3.86. The second-order valence-corrected chi connectivity index (χ2v) is 3.42. The molecule has 92 valence electrons. The lowest BCUT2D eigenvalue weighted by Crippen LogP contribution is -2.33. The van der Waals surface area contributed by atoms with E-state index in [9.17, 15) is 9.59 Å². The van der Waals surface area contributed by atoms with Gasteiger partial charge in [-0.15, -0.1) is 0 Å². The second kappa shape index (κ2) is 5.15. The average molecular weight is 238 g/mol. The predicted octanol–water partition coefficient (Wildman–Crippen LogP) is -0.264. The van der Waals surface area contributed by atoms with E-state index in [0.717, 1.165) is 0 Å². The highest BCUT2D eigenvalue weighted by molar-refractivity contribution is 5.96. The molecule has 0 aromatic carbocycles. The number of nitrogens with zero attached hydrogens (tertiary/aromatic N) is 1. The molecular formula is C10H14N4O3. The Morgan fingerprint density at radius 2 is 2.18 bits per heavy atom. The van der Waals surface area contributed by atoms with Crippen LogP contribution in [-0.4, -0.2) is 30.0 Å². The lowest BCUT2D eigenvalue weighted by molar-refractivity contribution is -0.118. The lowest BCUT2D eigenvalue weighted by atomic mass is 10.2. The summed E-state index contributed by atoms with van der Waals surface area (Å²) in [6, 6.07) is 0.754. The number of primary amides is 1. The maximum atomic E-state index is 11.5. The van der Waals surface area contributed by atoms with Crippen molar-refractivity contribution in [2.75, 3.05) is 18.2 Å². The Hall–Kier alpha value is -2.31. The molecule has 1 rings (SSSR count). The Labute approximate surface area is 98.1 Å². The maximum Gasteiger partial charge on any atom is 0.341 e. The summed E-state index contributed by atoms with van der Waals surface area (Å²) >= 11 is 0. The minimum atomic E-state index is -0.658. The molecule has 1 heterocycles. The highest BCUT2D eigenvalue weighted by Crippen LogP contribution is 2.17. The largest absolute Gasteiger partial charge is 0.465 e. The molecule has 1 amide bonds. The lowest BCUT2D eigenvalue weighted by Gasteiger charge is -2.13. The number of pyridine rings is 1. The number of ether oxygens (including phenoxy) is 1. The smallest absolute Gasteiger partial charge is 0.341 e. The van der Waals surface area contributed by atoms with Crippen LogP contribution in [0.3, 0.4) is 0 Å². The zero-order valence-corrected chi connectivity index (χ0v) is 9.56. The first-order chi connectivity index (χ1) is 7.95. The van der Waals surface area contributed by atoms with E-state index >= 15 is 0 Å². The van der Waals surface area contributed by atoms with Gasteiger partial charge < -0.3 is 21.5 Å². The molecule has 0 radical (unpaired) electrons. The van der Waals surface area contributed by atoms with E-state index < -0.39 is 17.9 Å². The van der Waals surface area contributed by atoms with Crippen molar-refractivity contribution in [3.8, 4) is 0 Å². The molecule has 0 saturated carbocycles. The molecule has 17 heavy (non-hydrogen) atoms. The molecule has 7 nitrogen and oxygen atoms in total. The van der Waals surface area contributed by atoms with E-state index in [1.807, 2.05) is 0 Å². The quantitative estimate of drug-likeness (QED) is 0.621. The van der Waals surface area contributed by atoms with Crippen molar-refractivity contribution in [1.82, 2.24) is 4.98 Å². The number of nitrogens with one attached hydrogen (secondary N) is 1. The summed E-state index contributed by atoms with van der Waals surface area (Å²) in [4.78, 5) is 26.3. The number of carbonyl (C=O) groups excluding carboxylic acids is 2. The average Bonchev–Trinajstić information content (AvgIpc) is 2.30. The molecule has 0 saturated heterocycles. The number of aromatic nitrogens is 1. The van der Waals surface area contributed by atoms with Crippen LogP contribution in [-0.2, 0) is 9.53 Å². The Balaban J connectivity index is 3.06. The summed E-state index contributed by atoms with van der Waals surface area (Å²) in [5.41, 5.74) is 11.1. The number of rotatable bonds is 4. The SMILES string of the molecule is COC(=O)c1cc(N)cnc1NC(C)C(N)=O. The molecule has 7 heteroatoms.